The minimum atomic E-state index is -5.19. The first-order valence-corrected chi connectivity index (χ1v) is 15.0. The average Bonchev–Trinajstić information content (AvgIpc) is 3.63. The Hall–Kier alpha value is -2.47. The first kappa shape index (κ1) is 32.0. The Morgan fingerprint density at radius 3 is 2.08 bits per heavy atom. The fourth-order valence-electron chi connectivity index (χ4n) is 5.17. The fraction of sp³-hybridized carbons (Fsp3) is 0.517. The van der Waals surface area contributed by atoms with Gasteiger partial charge < -0.3 is 24.2 Å². The summed E-state index contributed by atoms with van der Waals surface area (Å²) >= 11 is 2.79. The summed E-state index contributed by atoms with van der Waals surface area (Å²) in [6.07, 6.45) is 3.73. The van der Waals surface area contributed by atoms with Crippen molar-refractivity contribution in [3.05, 3.63) is 68.1 Å². The zero-order chi connectivity index (χ0) is 29.6. The number of esters is 1. The highest BCUT2D eigenvalue weighted by Gasteiger charge is 2.51. The van der Waals surface area contributed by atoms with Gasteiger partial charge in [-0.15, -0.1) is 22.7 Å². The number of piperidine rings is 3. The van der Waals surface area contributed by atoms with Crippen molar-refractivity contribution in [3.8, 4) is 0 Å². The van der Waals surface area contributed by atoms with Crippen molar-refractivity contribution in [2.24, 2.45) is 5.92 Å². The molecule has 2 aromatic rings. The second kappa shape index (κ2) is 13.5. The smallest absolute Gasteiger partial charge is 0.430 e. The van der Waals surface area contributed by atoms with Crippen LogP contribution in [0.1, 0.15) is 56.2 Å². The molecule has 0 spiro atoms. The number of halogens is 3. The second-order valence-electron chi connectivity index (χ2n) is 10.8. The molecule has 3 fully saturated rings. The third-order valence-corrected chi connectivity index (χ3v) is 9.46. The highest BCUT2D eigenvalue weighted by Crippen LogP contribution is 2.40. The summed E-state index contributed by atoms with van der Waals surface area (Å²) in [4.78, 5) is 23.5. The van der Waals surface area contributed by atoms with Crippen molar-refractivity contribution in [1.82, 2.24) is 0 Å². The van der Waals surface area contributed by atoms with E-state index in [9.17, 15) is 23.1 Å². The number of nitrogens with zero attached hydrogens (tertiary/aromatic N) is 1. The summed E-state index contributed by atoms with van der Waals surface area (Å²) in [5, 5.41) is 24.2. The van der Waals surface area contributed by atoms with Crippen LogP contribution in [0.15, 0.2) is 58.3 Å². The van der Waals surface area contributed by atoms with Crippen molar-refractivity contribution in [1.29, 1.82) is 0 Å². The van der Waals surface area contributed by atoms with Gasteiger partial charge in [0.15, 0.2) is 6.10 Å². The number of carbonyl (C=O) groups excluding carboxylic acids is 2. The number of ether oxygens (including phenoxy) is 1. The van der Waals surface area contributed by atoms with Crippen molar-refractivity contribution in [2.45, 2.75) is 64.3 Å². The van der Waals surface area contributed by atoms with Crippen molar-refractivity contribution in [2.75, 3.05) is 26.2 Å². The van der Waals surface area contributed by atoms with E-state index >= 15 is 0 Å². The lowest BCUT2D eigenvalue weighted by Crippen LogP contribution is -2.64. The van der Waals surface area contributed by atoms with Crippen LogP contribution in [0.5, 0.6) is 0 Å². The average molecular weight is 600 g/mol. The minimum Gasteiger partial charge on any atom is -0.542 e. The van der Waals surface area contributed by atoms with Crippen LogP contribution >= 0.6 is 22.7 Å². The zero-order valence-electron chi connectivity index (χ0n) is 22.9. The van der Waals surface area contributed by atoms with E-state index < -0.39 is 23.7 Å². The maximum atomic E-state index is 13.5. The van der Waals surface area contributed by atoms with E-state index in [-0.39, 0.29) is 6.10 Å². The Balaban J connectivity index is 0.000000559. The summed E-state index contributed by atoms with van der Waals surface area (Å²) in [5.74, 6) is -3.14. The van der Waals surface area contributed by atoms with Gasteiger partial charge in [0.2, 0.25) is 5.60 Å². The van der Waals surface area contributed by atoms with Gasteiger partial charge in [0.1, 0.15) is 12.5 Å². The summed E-state index contributed by atoms with van der Waals surface area (Å²) < 4.78 is 38.7. The summed E-state index contributed by atoms with van der Waals surface area (Å²) in [7, 11) is 0. The summed E-state index contributed by atoms with van der Waals surface area (Å²) in [5.41, 5.74) is 1.09. The molecule has 2 aromatic heterocycles. The topological polar surface area (TPSA) is 86.7 Å². The standard InChI is InChI=1S/C27H36NO3S2.C2HF3O2/c1-20(2)7-4-8-21(3)11-14-28-15-12-22(13-16-28)23(19-28)31-26(29)27(30,24-9-5-17-32-24)25-10-6-18-33-25;3-2(4,5)1(6)7/h5-7,9-11,17-18,22-23,30H,4,8,12-16,19H2,1-3H3;(H,6,7)/q+1;/p-1/b21-11+;/t22?,23-,28?;/m0./s1. The number of alkyl halides is 3. The van der Waals surface area contributed by atoms with E-state index in [1.165, 1.54) is 33.8 Å². The molecule has 5 heterocycles. The molecule has 0 amide bonds. The number of fused-ring (bicyclic) bond motifs is 3. The lowest BCUT2D eigenvalue weighted by Gasteiger charge is -2.52. The molecule has 0 radical (unpaired) electrons. The predicted octanol–water partition coefficient (Wildman–Crippen LogP) is 5.19. The minimum absolute atomic E-state index is 0.133. The molecular formula is C29H36F3NO5S2. The van der Waals surface area contributed by atoms with E-state index in [1.807, 2.05) is 35.0 Å². The maximum Gasteiger partial charge on any atom is 0.430 e. The number of hydrogen-bond acceptors (Lipinski definition) is 7. The highest BCUT2D eigenvalue weighted by atomic mass is 32.1. The van der Waals surface area contributed by atoms with Gasteiger partial charge in [-0.05, 0) is 62.6 Å². The monoisotopic (exact) mass is 599 g/mol. The number of carboxylic acids is 1. The van der Waals surface area contributed by atoms with Crippen molar-refractivity contribution in [3.63, 3.8) is 0 Å². The lowest BCUT2D eigenvalue weighted by atomic mass is 9.83. The van der Waals surface area contributed by atoms with E-state index in [1.54, 1.807) is 0 Å². The summed E-state index contributed by atoms with van der Waals surface area (Å²) in [6.45, 7) is 10.7. The largest absolute Gasteiger partial charge is 0.542 e. The molecule has 3 aliphatic rings. The molecular weight excluding hydrogens is 563 g/mol. The van der Waals surface area contributed by atoms with Gasteiger partial charge in [-0.3, -0.25) is 0 Å². The third-order valence-electron chi connectivity index (χ3n) is 7.50. The van der Waals surface area contributed by atoms with Gasteiger partial charge in [0.25, 0.3) is 0 Å². The molecule has 5 rings (SSSR count). The molecule has 6 nitrogen and oxygen atoms in total. The number of rotatable bonds is 9. The molecule has 3 saturated heterocycles. The first-order valence-electron chi connectivity index (χ1n) is 13.2. The summed E-state index contributed by atoms with van der Waals surface area (Å²) in [6, 6.07) is 7.37. The maximum absolute atomic E-state index is 13.5. The van der Waals surface area contributed by atoms with Crippen molar-refractivity contribution >= 4 is 34.6 Å². The van der Waals surface area contributed by atoms with Crippen molar-refractivity contribution < 1.29 is 42.2 Å². The number of thiophene rings is 2. The molecule has 0 aliphatic carbocycles. The van der Waals surface area contributed by atoms with Crippen LogP contribution in [0.3, 0.4) is 0 Å². The Morgan fingerprint density at radius 1 is 1.07 bits per heavy atom. The Kier molecular flexibility index (Phi) is 10.8. The number of hydrogen-bond donors (Lipinski definition) is 1. The Labute approximate surface area is 241 Å². The number of aliphatic carboxylic acids is 1. The van der Waals surface area contributed by atoms with Gasteiger partial charge in [-0.2, -0.15) is 13.2 Å². The molecule has 2 bridgehead atoms. The Morgan fingerprint density at radius 2 is 1.62 bits per heavy atom. The molecule has 40 heavy (non-hydrogen) atoms. The van der Waals surface area contributed by atoms with Gasteiger partial charge in [0, 0.05) is 18.8 Å². The van der Waals surface area contributed by atoms with Crippen LogP contribution in [0.2, 0.25) is 0 Å². The molecule has 0 saturated carbocycles. The van der Waals surface area contributed by atoms with Gasteiger partial charge >= 0.3 is 12.1 Å². The van der Waals surface area contributed by atoms with Gasteiger partial charge in [0.05, 0.1) is 29.4 Å². The number of quaternary nitrogens is 1. The van der Waals surface area contributed by atoms with Crippen LogP contribution in [0.25, 0.3) is 0 Å². The van der Waals surface area contributed by atoms with Crippen LogP contribution in [-0.2, 0) is 19.9 Å². The molecule has 220 valence electrons. The Bertz CT molecular complexity index is 1140. The van der Waals surface area contributed by atoms with Crippen LogP contribution in [-0.4, -0.2) is 60.0 Å². The van der Waals surface area contributed by atoms with Crippen LogP contribution < -0.4 is 5.11 Å². The second-order valence-corrected chi connectivity index (χ2v) is 12.7. The van der Waals surface area contributed by atoms with Gasteiger partial charge in [-0.25, -0.2) is 4.79 Å². The van der Waals surface area contributed by atoms with E-state index in [0.29, 0.717) is 15.7 Å². The predicted molar refractivity (Wildman–Crippen MR) is 147 cm³/mol. The van der Waals surface area contributed by atoms with E-state index in [2.05, 4.69) is 32.9 Å². The number of aliphatic hydroxyl groups is 1. The third kappa shape index (κ3) is 8.05. The number of allylic oxidation sites excluding steroid dienone is 3. The quantitative estimate of drug-likeness (QED) is 0.244. The SMILES string of the molecule is CC(C)=CCC/C(C)=C/C[N+]12CCC(CC1)[C@@H](OC(=O)C(O)(c1cccs1)c1cccs1)C2.O=C([O-])C(F)(F)F. The van der Waals surface area contributed by atoms with Crippen LogP contribution in [0, 0.1) is 5.92 Å². The molecule has 0 unspecified atom stereocenters. The normalized spacial score (nSPS) is 22.7. The molecule has 1 atom stereocenters. The number of carboxylic acid groups (broad SMARTS) is 1. The highest BCUT2D eigenvalue weighted by molar-refractivity contribution is 7.12. The van der Waals surface area contributed by atoms with E-state index in [4.69, 9.17) is 14.6 Å². The lowest BCUT2D eigenvalue weighted by molar-refractivity contribution is -0.941. The van der Waals surface area contributed by atoms with E-state index in [0.717, 1.165) is 56.3 Å². The first-order chi connectivity index (χ1) is 18.8. The molecule has 0 aromatic carbocycles. The van der Waals surface area contributed by atoms with Crippen LogP contribution in [0.4, 0.5) is 13.2 Å². The fourth-order valence-corrected chi connectivity index (χ4v) is 6.88. The van der Waals surface area contributed by atoms with Gasteiger partial charge in [-0.1, -0.05) is 29.4 Å². The zero-order valence-corrected chi connectivity index (χ0v) is 24.5. The molecule has 1 N–H and O–H groups in total. The molecule has 11 heteroatoms. The number of carbonyl (C=O) groups is 2. The molecule has 3 aliphatic heterocycles.